The van der Waals surface area contributed by atoms with Crippen LogP contribution < -0.4 is 0 Å². The molecule has 1 nitrogen and oxygen atoms in total. The molecule has 0 aliphatic heterocycles. The third-order valence-electron chi connectivity index (χ3n) is 2.21. The highest BCUT2D eigenvalue weighted by Gasteiger charge is 2.09. The van der Waals surface area contributed by atoms with Gasteiger partial charge < -0.3 is 4.74 Å². The molecule has 0 N–H and O–H groups in total. The summed E-state index contributed by atoms with van der Waals surface area (Å²) in [6, 6.07) is 0. The zero-order valence-electron chi connectivity index (χ0n) is 12.1. The van der Waals surface area contributed by atoms with Gasteiger partial charge >= 0.3 is 0 Å². The topological polar surface area (TPSA) is 9.23 Å². The van der Waals surface area contributed by atoms with Crippen molar-refractivity contribution in [3.63, 3.8) is 0 Å². The number of rotatable bonds is 6. The first kappa shape index (κ1) is 15.7. The average Bonchev–Trinajstić information content (AvgIpc) is 2.06. The highest BCUT2D eigenvalue weighted by Crippen LogP contribution is 2.21. The van der Waals surface area contributed by atoms with Gasteiger partial charge in [0.25, 0.3) is 0 Å². The zero-order valence-corrected chi connectivity index (χ0v) is 12.1. The summed E-state index contributed by atoms with van der Waals surface area (Å²) in [6.45, 7) is 15.1. The molecule has 0 saturated carbocycles. The highest BCUT2D eigenvalue weighted by molar-refractivity contribution is 4.82. The van der Waals surface area contributed by atoms with E-state index in [-0.39, 0.29) is 5.41 Å². The van der Waals surface area contributed by atoms with Gasteiger partial charge in [-0.25, -0.2) is 0 Å². The first-order valence-electron chi connectivity index (χ1n) is 6.43. The van der Waals surface area contributed by atoms with Gasteiger partial charge in [0.05, 0.1) is 13.2 Å². The van der Waals surface area contributed by atoms with Gasteiger partial charge in [0.1, 0.15) is 0 Å². The average molecular weight is 226 g/mol. The van der Waals surface area contributed by atoms with Crippen molar-refractivity contribution in [2.75, 3.05) is 13.2 Å². The summed E-state index contributed by atoms with van der Waals surface area (Å²) >= 11 is 0. The van der Waals surface area contributed by atoms with E-state index in [9.17, 15) is 0 Å². The normalized spacial score (nSPS) is 13.6. The zero-order chi connectivity index (χ0) is 12.7. The number of allylic oxidation sites excluding steroid dienone is 1. The molecule has 0 aliphatic rings. The van der Waals surface area contributed by atoms with Crippen LogP contribution in [0.15, 0.2) is 12.2 Å². The molecular weight excluding hydrogens is 196 g/mol. The van der Waals surface area contributed by atoms with Crippen molar-refractivity contribution in [2.45, 2.75) is 60.8 Å². The predicted octanol–water partition coefficient (Wildman–Crippen LogP) is 4.82. The van der Waals surface area contributed by atoms with Crippen LogP contribution in [0.5, 0.6) is 0 Å². The predicted molar refractivity (Wildman–Crippen MR) is 72.7 cm³/mol. The van der Waals surface area contributed by atoms with E-state index >= 15 is 0 Å². The highest BCUT2D eigenvalue weighted by atomic mass is 16.5. The second-order valence-electron chi connectivity index (χ2n) is 7.00. The van der Waals surface area contributed by atoms with Gasteiger partial charge in [-0.2, -0.15) is 0 Å². The Hall–Kier alpha value is -0.300. The van der Waals surface area contributed by atoms with Gasteiger partial charge in [-0.15, -0.1) is 0 Å². The first-order chi connectivity index (χ1) is 7.21. The molecule has 0 fully saturated rings. The van der Waals surface area contributed by atoms with Crippen molar-refractivity contribution in [1.82, 2.24) is 0 Å². The minimum atomic E-state index is 0.278. The van der Waals surface area contributed by atoms with Crippen LogP contribution in [0.25, 0.3) is 0 Å². The Kier molecular flexibility index (Phi) is 6.98. The largest absolute Gasteiger partial charge is 0.377 e. The van der Waals surface area contributed by atoms with Crippen molar-refractivity contribution in [3.8, 4) is 0 Å². The van der Waals surface area contributed by atoms with Gasteiger partial charge in [0, 0.05) is 0 Å². The summed E-state index contributed by atoms with van der Waals surface area (Å²) in [6.07, 6.45) is 8.14. The molecule has 0 aromatic heterocycles. The molecule has 0 aliphatic carbocycles. The van der Waals surface area contributed by atoms with Crippen molar-refractivity contribution in [2.24, 2.45) is 10.8 Å². The number of hydrogen-bond donors (Lipinski definition) is 0. The molecule has 16 heavy (non-hydrogen) atoms. The van der Waals surface area contributed by atoms with Crippen molar-refractivity contribution in [1.29, 1.82) is 0 Å². The van der Waals surface area contributed by atoms with Gasteiger partial charge in [-0.3, -0.25) is 0 Å². The lowest BCUT2D eigenvalue weighted by Gasteiger charge is -2.17. The van der Waals surface area contributed by atoms with Crippen LogP contribution in [0.4, 0.5) is 0 Å². The molecule has 0 rings (SSSR count). The molecule has 0 radical (unpaired) electrons. The molecule has 0 atom stereocenters. The van der Waals surface area contributed by atoms with E-state index in [1.54, 1.807) is 0 Å². The van der Waals surface area contributed by atoms with Crippen LogP contribution >= 0.6 is 0 Å². The molecular formula is C15H30O. The maximum absolute atomic E-state index is 5.56. The van der Waals surface area contributed by atoms with E-state index in [1.165, 1.54) is 19.3 Å². The summed E-state index contributed by atoms with van der Waals surface area (Å²) in [4.78, 5) is 0. The Labute approximate surface area is 102 Å². The SMILES string of the molecule is CC(C)(C)CCC/C=C/COCC(C)(C)C. The maximum atomic E-state index is 5.56. The van der Waals surface area contributed by atoms with Gasteiger partial charge in [0.2, 0.25) is 0 Å². The van der Waals surface area contributed by atoms with E-state index in [4.69, 9.17) is 4.74 Å². The molecule has 0 saturated heterocycles. The second-order valence-corrected chi connectivity index (χ2v) is 7.00. The van der Waals surface area contributed by atoms with Crippen LogP contribution in [0.2, 0.25) is 0 Å². The Morgan fingerprint density at radius 2 is 1.50 bits per heavy atom. The van der Waals surface area contributed by atoms with Gasteiger partial charge in [0.15, 0.2) is 0 Å². The molecule has 0 heterocycles. The maximum Gasteiger partial charge on any atom is 0.0647 e. The lowest BCUT2D eigenvalue weighted by Crippen LogP contribution is -2.14. The van der Waals surface area contributed by atoms with Crippen molar-refractivity contribution >= 4 is 0 Å². The molecule has 0 aromatic carbocycles. The van der Waals surface area contributed by atoms with E-state index in [0.29, 0.717) is 5.41 Å². The van der Waals surface area contributed by atoms with Gasteiger partial charge in [-0.05, 0) is 30.1 Å². The lowest BCUT2D eigenvalue weighted by molar-refractivity contribution is 0.0908. The summed E-state index contributed by atoms with van der Waals surface area (Å²) < 4.78 is 5.56. The molecule has 0 bridgehead atoms. The summed E-state index contributed by atoms with van der Waals surface area (Å²) in [7, 11) is 0. The fourth-order valence-electron chi connectivity index (χ4n) is 1.37. The van der Waals surface area contributed by atoms with E-state index < -0.39 is 0 Å². The Bertz CT molecular complexity index is 168. The fourth-order valence-corrected chi connectivity index (χ4v) is 1.37. The van der Waals surface area contributed by atoms with Crippen LogP contribution in [-0.4, -0.2) is 13.2 Å². The molecule has 0 spiro atoms. The van der Waals surface area contributed by atoms with Crippen molar-refractivity contribution in [3.05, 3.63) is 12.2 Å². The van der Waals surface area contributed by atoms with E-state index in [2.05, 4.69) is 53.7 Å². The van der Waals surface area contributed by atoms with Crippen LogP contribution in [0, 0.1) is 10.8 Å². The lowest BCUT2D eigenvalue weighted by atomic mass is 9.90. The van der Waals surface area contributed by atoms with Crippen LogP contribution in [-0.2, 0) is 4.74 Å². The summed E-state index contributed by atoms with van der Waals surface area (Å²) in [5, 5.41) is 0. The minimum Gasteiger partial charge on any atom is -0.377 e. The molecule has 0 aromatic rings. The number of unbranched alkanes of at least 4 members (excludes halogenated alkanes) is 1. The summed E-state index contributed by atoms with van der Waals surface area (Å²) in [5.41, 5.74) is 0.747. The first-order valence-corrected chi connectivity index (χ1v) is 6.43. The molecule has 96 valence electrons. The standard InChI is InChI=1S/C15H30O/c1-14(2,3)11-9-7-8-10-12-16-13-15(4,5)6/h8,10H,7,9,11-13H2,1-6H3/b10-8+. The third-order valence-corrected chi connectivity index (χ3v) is 2.21. The third kappa shape index (κ3) is 13.7. The summed E-state index contributed by atoms with van der Waals surface area (Å²) in [5.74, 6) is 0. The number of ether oxygens (including phenoxy) is 1. The Morgan fingerprint density at radius 3 is 2.00 bits per heavy atom. The second kappa shape index (κ2) is 7.11. The van der Waals surface area contributed by atoms with E-state index in [1.807, 2.05) is 0 Å². The van der Waals surface area contributed by atoms with Crippen LogP contribution in [0.3, 0.4) is 0 Å². The molecule has 0 amide bonds. The fraction of sp³-hybridized carbons (Fsp3) is 0.867. The Balaban J connectivity index is 3.36. The quantitative estimate of drug-likeness (QED) is 0.466. The molecule has 1 heteroatoms. The Morgan fingerprint density at radius 1 is 0.875 bits per heavy atom. The van der Waals surface area contributed by atoms with Crippen molar-refractivity contribution < 1.29 is 4.74 Å². The number of hydrogen-bond acceptors (Lipinski definition) is 1. The minimum absolute atomic E-state index is 0.278. The monoisotopic (exact) mass is 226 g/mol. The van der Waals surface area contributed by atoms with Crippen LogP contribution in [0.1, 0.15) is 60.8 Å². The van der Waals surface area contributed by atoms with Gasteiger partial charge in [-0.1, -0.05) is 53.7 Å². The van der Waals surface area contributed by atoms with E-state index in [0.717, 1.165) is 13.2 Å². The smallest absolute Gasteiger partial charge is 0.0647 e. The molecule has 0 unspecified atom stereocenters.